The van der Waals surface area contributed by atoms with Crippen LogP contribution in [0.2, 0.25) is 0 Å². The second-order valence-corrected chi connectivity index (χ2v) is 7.45. The van der Waals surface area contributed by atoms with Crippen LogP contribution in [0.3, 0.4) is 0 Å². The van der Waals surface area contributed by atoms with Gasteiger partial charge in [0.1, 0.15) is 17.9 Å². The first-order valence-electron chi connectivity index (χ1n) is 9.93. The molecule has 0 atom stereocenters. The van der Waals surface area contributed by atoms with E-state index in [0.717, 1.165) is 48.9 Å². The summed E-state index contributed by atoms with van der Waals surface area (Å²) < 4.78 is 11.4. The SMILES string of the molecule is N#Cc1cc(-c2cccc(NC(=O)C3CCC3)c2)ccc1OC1CCOCC1. The van der Waals surface area contributed by atoms with Crippen LogP contribution in [0.15, 0.2) is 42.5 Å². The molecule has 0 aromatic heterocycles. The molecule has 1 aliphatic carbocycles. The van der Waals surface area contributed by atoms with Crippen LogP contribution in [0.1, 0.15) is 37.7 Å². The Kier molecular flexibility index (Phi) is 5.59. The molecule has 5 heteroatoms. The number of nitrogens with one attached hydrogen (secondary N) is 1. The summed E-state index contributed by atoms with van der Waals surface area (Å²) in [4.78, 5) is 12.2. The summed E-state index contributed by atoms with van der Waals surface area (Å²) in [6, 6.07) is 15.7. The number of amides is 1. The molecule has 1 amide bonds. The van der Waals surface area contributed by atoms with E-state index in [1.807, 2.05) is 42.5 Å². The maximum absolute atomic E-state index is 12.2. The maximum atomic E-state index is 12.2. The normalized spacial score (nSPS) is 17.4. The Morgan fingerprint density at radius 2 is 1.86 bits per heavy atom. The molecule has 144 valence electrons. The molecule has 2 aromatic carbocycles. The van der Waals surface area contributed by atoms with Crippen molar-refractivity contribution in [2.45, 2.75) is 38.2 Å². The summed E-state index contributed by atoms with van der Waals surface area (Å²) in [6.07, 6.45) is 4.87. The molecule has 1 N–H and O–H groups in total. The predicted molar refractivity (Wildman–Crippen MR) is 107 cm³/mol. The van der Waals surface area contributed by atoms with E-state index in [4.69, 9.17) is 9.47 Å². The van der Waals surface area contributed by atoms with Crippen molar-refractivity contribution in [2.24, 2.45) is 5.92 Å². The third-order valence-corrected chi connectivity index (χ3v) is 5.50. The Balaban J connectivity index is 1.51. The van der Waals surface area contributed by atoms with Crippen LogP contribution < -0.4 is 10.1 Å². The molecule has 28 heavy (non-hydrogen) atoms. The molecular formula is C23H24N2O3. The van der Waals surface area contributed by atoms with E-state index >= 15 is 0 Å². The van der Waals surface area contributed by atoms with Gasteiger partial charge in [0.15, 0.2) is 0 Å². The molecule has 2 aliphatic rings. The van der Waals surface area contributed by atoms with Crippen molar-refractivity contribution in [1.82, 2.24) is 0 Å². The fourth-order valence-electron chi connectivity index (χ4n) is 3.56. The second-order valence-electron chi connectivity index (χ2n) is 7.45. The Hall–Kier alpha value is -2.84. The monoisotopic (exact) mass is 376 g/mol. The van der Waals surface area contributed by atoms with Gasteiger partial charge in [-0.2, -0.15) is 5.26 Å². The topological polar surface area (TPSA) is 71.4 Å². The van der Waals surface area contributed by atoms with Gasteiger partial charge >= 0.3 is 0 Å². The van der Waals surface area contributed by atoms with Gasteiger partial charge in [-0.15, -0.1) is 0 Å². The largest absolute Gasteiger partial charge is 0.489 e. The van der Waals surface area contributed by atoms with E-state index in [2.05, 4.69) is 11.4 Å². The summed E-state index contributed by atoms with van der Waals surface area (Å²) in [5.74, 6) is 0.865. The number of carbonyl (C=O) groups is 1. The van der Waals surface area contributed by atoms with Crippen LogP contribution in [0.25, 0.3) is 11.1 Å². The number of nitriles is 1. The summed E-state index contributed by atoms with van der Waals surface area (Å²) in [5, 5.41) is 12.6. The predicted octanol–water partition coefficient (Wildman–Crippen LogP) is 4.52. The zero-order valence-electron chi connectivity index (χ0n) is 15.8. The smallest absolute Gasteiger partial charge is 0.227 e. The first-order chi connectivity index (χ1) is 13.7. The molecule has 0 bridgehead atoms. The van der Waals surface area contributed by atoms with Gasteiger partial charge in [0.25, 0.3) is 0 Å². The number of nitrogens with zero attached hydrogens (tertiary/aromatic N) is 1. The highest BCUT2D eigenvalue weighted by molar-refractivity contribution is 5.93. The fourth-order valence-corrected chi connectivity index (χ4v) is 3.56. The van der Waals surface area contributed by atoms with Crippen molar-refractivity contribution >= 4 is 11.6 Å². The van der Waals surface area contributed by atoms with Crippen LogP contribution >= 0.6 is 0 Å². The van der Waals surface area contributed by atoms with Gasteiger partial charge in [0.2, 0.25) is 5.91 Å². The number of hydrogen-bond donors (Lipinski definition) is 1. The van der Waals surface area contributed by atoms with Gasteiger partial charge < -0.3 is 14.8 Å². The van der Waals surface area contributed by atoms with Crippen LogP contribution in [-0.4, -0.2) is 25.2 Å². The van der Waals surface area contributed by atoms with Gasteiger partial charge in [-0.25, -0.2) is 0 Å². The van der Waals surface area contributed by atoms with Gasteiger partial charge in [-0.3, -0.25) is 4.79 Å². The summed E-state index contributed by atoms with van der Waals surface area (Å²) in [7, 11) is 0. The summed E-state index contributed by atoms with van der Waals surface area (Å²) in [6.45, 7) is 1.40. The number of hydrogen-bond acceptors (Lipinski definition) is 4. The molecule has 0 radical (unpaired) electrons. The highest BCUT2D eigenvalue weighted by Gasteiger charge is 2.25. The van der Waals surface area contributed by atoms with Crippen molar-refractivity contribution in [3.63, 3.8) is 0 Å². The van der Waals surface area contributed by atoms with E-state index in [0.29, 0.717) is 24.5 Å². The quantitative estimate of drug-likeness (QED) is 0.833. The number of anilines is 1. The Morgan fingerprint density at radius 3 is 2.57 bits per heavy atom. The minimum atomic E-state index is 0.0942. The van der Waals surface area contributed by atoms with Crippen LogP contribution in [0.4, 0.5) is 5.69 Å². The third-order valence-electron chi connectivity index (χ3n) is 5.50. The van der Waals surface area contributed by atoms with Crippen LogP contribution in [-0.2, 0) is 9.53 Å². The van der Waals surface area contributed by atoms with Crippen molar-refractivity contribution < 1.29 is 14.3 Å². The molecule has 0 spiro atoms. The lowest BCUT2D eigenvalue weighted by Crippen LogP contribution is -2.27. The van der Waals surface area contributed by atoms with Gasteiger partial charge in [0, 0.05) is 24.4 Å². The molecule has 0 unspecified atom stereocenters. The molecule has 2 aromatic rings. The molecule has 1 aliphatic heterocycles. The average Bonchev–Trinajstić information content (AvgIpc) is 2.68. The molecule has 1 heterocycles. The van der Waals surface area contributed by atoms with Gasteiger partial charge in [0.05, 0.1) is 18.8 Å². The Bertz CT molecular complexity index is 893. The van der Waals surface area contributed by atoms with Gasteiger partial charge in [-0.1, -0.05) is 24.6 Å². The molecular weight excluding hydrogens is 352 g/mol. The number of ether oxygens (including phenoxy) is 2. The number of rotatable bonds is 5. The van der Waals surface area contributed by atoms with E-state index in [-0.39, 0.29) is 17.9 Å². The zero-order valence-corrected chi connectivity index (χ0v) is 15.8. The lowest BCUT2D eigenvalue weighted by molar-refractivity contribution is -0.122. The summed E-state index contributed by atoms with van der Waals surface area (Å²) >= 11 is 0. The highest BCUT2D eigenvalue weighted by atomic mass is 16.5. The first kappa shape index (κ1) is 18.5. The number of benzene rings is 2. The third kappa shape index (κ3) is 4.18. The maximum Gasteiger partial charge on any atom is 0.227 e. The Morgan fingerprint density at radius 1 is 1.07 bits per heavy atom. The van der Waals surface area contributed by atoms with E-state index < -0.39 is 0 Å². The lowest BCUT2D eigenvalue weighted by atomic mass is 9.85. The van der Waals surface area contributed by atoms with Gasteiger partial charge in [-0.05, 0) is 48.2 Å². The summed E-state index contributed by atoms with van der Waals surface area (Å²) in [5.41, 5.74) is 3.19. The fraction of sp³-hybridized carbons (Fsp3) is 0.391. The lowest BCUT2D eigenvalue weighted by Gasteiger charge is -2.24. The van der Waals surface area contributed by atoms with E-state index in [1.165, 1.54) is 0 Å². The minimum Gasteiger partial charge on any atom is -0.489 e. The van der Waals surface area contributed by atoms with Crippen molar-refractivity contribution in [1.29, 1.82) is 5.26 Å². The van der Waals surface area contributed by atoms with Crippen LogP contribution in [0, 0.1) is 17.2 Å². The molecule has 4 rings (SSSR count). The highest BCUT2D eigenvalue weighted by Crippen LogP contribution is 2.31. The average molecular weight is 376 g/mol. The minimum absolute atomic E-state index is 0.0942. The standard InChI is InChI=1S/C23H24N2O3/c24-15-19-13-18(7-8-22(19)28-21-9-11-27-12-10-21)17-5-2-6-20(14-17)25-23(26)16-3-1-4-16/h2,5-8,13-14,16,21H,1,3-4,9-12H2,(H,25,26). The van der Waals surface area contributed by atoms with Crippen molar-refractivity contribution in [2.75, 3.05) is 18.5 Å². The second kappa shape index (κ2) is 8.45. The van der Waals surface area contributed by atoms with E-state index in [9.17, 15) is 10.1 Å². The zero-order chi connectivity index (χ0) is 19.3. The molecule has 1 saturated carbocycles. The van der Waals surface area contributed by atoms with Crippen molar-refractivity contribution in [3.8, 4) is 22.9 Å². The van der Waals surface area contributed by atoms with Crippen LogP contribution in [0.5, 0.6) is 5.75 Å². The molecule has 5 nitrogen and oxygen atoms in total. The number of carbonyl (C=O) groups excluding carboxylic acids is 1. The van der Waals surface area contributed by atoms with Crippen molar-refractivity contribution in [3.05, 3.63) is 48.0 Å². The van der Waals surface area contributed by atoms with E-state index in [1.54, 1.807) is 0 Å². The molecule has 2 fully saturated rings. The Labute approximate surface area is 165 Å². The first-order valence-corrected chi connectivity index (χ1v) is 9.93. The molecule has 1 saturated heterocycles.